The molecule has 0 atom stereocenters. The Kier molecular flexibility index (Phi) is 3.19. The molecule has 0 saturated heterocycles. The molecular formula is C12H19N3O2. The van der Waals surface area contributed by atoms with Crippen molar-refractivity contribution in [2.45, 2.75) is 44.7 Å². The quantitative estimate of drug-likeness (QED) is 0.785. The van der Waals surface area contributed by atoms with Gasteiger partial charge in [0.2, 0.25) is 0 Å². The molecule has 1 aromatic rings. The van der Waals surface area contributed by atoms with Crippen LogP contribution in [0.15, 0.2) is 6.20 Å². The number of carbonyl (C=O) groups excluding carboxylic acids is 1. The molecule has 0 aromatic carbocycles. The lowest BCUT2D eigenvalue weighted by atomic mass is 9.74. The van der Waals surface area contributed by atoms with Crippen molar-refractivity contribution >= 4 is 5.78 Å². The van der Waals surface area contributed by atoms with Crippen molar-refractivity contribution in [2.75, 3.05) is 7.11 Å². The zero-order chi connectivity index (χ0) is 12.5. The number of aromatic nitrogens is 2. The van der Waals surface area contributed by atoms with E-state index in [0.717, 1.165) is 19.3 Å². The van der Waals surface area contributed by atoms with Crippen LogP contribution in [0.25, 0.3) is 0 Å². The molecule has 5 heteroatoms. The number of Topliss-reactive ketones (excluding diaryl/α,β-unsaturated/α-hetero) is 1. The Hall–Kier alpha value is -1.36. The monoisotopic (exact) mass is 237 g/mol. The molecule has 94 valence electrons. The molecule has 0 aliphatic heterocycles. The Labute approximate surface area is 101 Å². The minimum absolute atomic E-state index is 0.0309. The normalized spacial score (nSPS) is 17.6. The largest absolute Gasteiger partial charge is 0.493 e. The molecule has 1 saturated carbocycles. The van der Waals surface area contributed by atoms with Gasteiger partial charge in [-0.15, -0.1) is 0 Å². The van der Waals surface area contributed by atoms with Crippen molar-refractivity contribution in [2.24, 2.45) is 5.73 Å². The Morgan fingerprint density at radius 2 is 2.35 bits per heavy atom. The highest BCUT2D eigenvalue weighted by molar-refractivity contribution is 5.97. The minimum Gasteiger partial charge on any atom is -0.493 e. The summed E-state index contributed by atoms with van der Waals surface area (Å²) in [4.78, 5) is 12.3. The molecule has 0 bridgehead atoms. The lowest BCUT2D eigenvalue weighted by Crippen LogP contribution is -2.48. The zero-order valence-electron chi connectivity index (χ0n) is 10.4. The number of nitrogens with zero attached hydrogens (tertiary/aromatic N) is 2. The number of rotatable bonds is 5. The van der Waals surface area contributed by atoms with E-state index in [9.17, 15) is 4.79 Å². The van der Waals surface area contributed by atoms with E-state index in [4.69, 9.17) is 10.5 Å². The number of hydrogen-bond acceptors (Lipinski definition) is 4. The van der Waals surface area contributed by atoms with Gasteiger partial charge in [-0.2, -0.15) is 5.10 Å². The van der Waals surface area contributed by atoms with Crippen molar-refractivity contribution in [1.82, 2.24) is 9.78 Å². The van der Waals surface area contributed by atoms with Crippen molar-refractivity contribution in [1.29, 1.82) is 0 Å². The third kappa shape index (κ3) is 2.20. The Morgan fingerprint density at radius 3 is 2.82 bits per heavy atom. The number of aryl methyl sites for hydroxylation is 1. The first-order chi connectivity index (χ1) is 8.09. The molecule has 17 heavy (non-hydrogen) atoms. The van der Waals surface area contributed by atoms with Crippen molar-refractivity contribution < 1.29 is 9.53 Å². The average Bonchev–Trinajstić information content (AvgIpc) is 2.69. The molecule has 1 aliphatic carbocycles. The third-order valence-electron chi connectivity index (χ3n) is 3.45. The average molecular weight is 237 g/mol. The van der Waals surface area contributed by atoms with Crippen LogP contribution in [0.4, 0.5) is 0 Å². The van der Waals surface area contributed by atoms with Crippen LogP contribution in [-0.4, -0.2) is 28.2 Å². The molecule has 1 fully saturated rings. The van der Waals surface area contributed by atoms with Gasteiger partial charge in [0.1, 0.15) is 5.69 Å². The summed E-state index contributed by atoms with van der Waals surface area (Å²) in [6.07, 6.45) is 4.95. The van der Waals surface area contributed by atoms with Crippen molar-refractivity contribution in [3.8, 4) is 5.75 Å². The SMILES string of the molecule is CCn1ncc(OC)c1C(=O)CC1(N)CCC1. The van der Waals surface area contributed by atoms with E-state index in [1.54, 1.807) is 18.0 Å². The fraction of sp³-hybridized carbons (Fsp3) is 0.667. The second-order valence-electron chi connectivity index (χ2n) is 4.69. The second kappa shape index (κ2) is 4.49. The van der Waals surface area contributed by atoms with Crippen molar-refractivity contribution in [3.05, 3.63) is 11.9 Å². The molecule has 5 nitrogen and oxygen atoms in total. The van der Waals surface area contributed by atoms with Crippen LogP contribution in [0, 0.1) is 0 Å². The van der Waals surface area contributed by atoms with Gasteiger partial charge >= 0.3 is 0 Å². The van der Waals surface area contributed by atoms with Crippen LogP contribution >= 0.6 is 0 Å². The molecule has 2 rings (SSSR count). The van der Waals surface area contributed by atoms with Gasteiger partial charge in [-0.3, -0.25) is 9.48 Å². The lowest BCUT2D eigenvalue weighted by molar-refractivity contribution is 0.0898. The van der Waals surface area contributed by atoms with Crippen LogP contribution in [0.1, 0.15) is 43.1 Å². The fourth-order valence-corrected chi connectivity index (χ4v) is 2.25. The highest BCUT2D eigenvalue weighted by Gasteiger charge is 2.36. The van der Waals surface area contributed by atoms with E-state index in [0.29, 0.717) is 24.4 Å². The van der Waals surface area contributed by atoms with Crippen LogP contribution in [-0.2, 0) is 6.54 Å². The first kappa shape index (κ1) is 12.1. The molecule has 0 radical (unpaired) electrons. The van der Waals surface area contributed by atoms with Crippen LogP contribution < -0.4 is 10.5 Å². The number of carbonyl (C=O) groups is 1. The van der Waals surface area contributed by atoms with E-state index in [1.807, 2.05) is 6.92 Å². The summed E-state index contributed by atoms with van der Waals surface area (Å²) in [5.74, 6) is 0.572. The maximum atomic E-state index is 12.3. The molecule has 0 unspecified atom stereocenters. The predicted molar refractivity (Wildman–Crippen MR) is 64.2 cm³/mol. The van der Waals surface area contributed by atoms with E-state index >= 15 is 0 Å². The van der Waals surface area contributed by atoms with Gasteiger partial charge in [-0.05, 0) is 26.2 Å². The second-order valence-corrected chi connectivity index (χ2v) is 4.69. The predicted octanol–water partition coefficient (Wildman–Crippen LogP) is 1.37. The number of hydrogen-bond donors (Lipinski definition) is 1. The summed E-state index contributed by atoms with van der Waals surface area (Å²) in [7, 11) is 1.55. The topological polar surface area (TPSA) is 70.1 Å². The molecule has 2 N–H and O–H groups in total. The highest BCUT2D eigenvalue weighted by atomic mass is 16.5. The minimum atomic E-state index is -0.301. The maximum absolute atomic E-state index is 12.3. The summed E-state index contributed by atoms with van der Waals surface area (Å²) in [5, 5.41) is 4.13. The lowest BCUT2D eigenvalue weighted by Gasteiger charge is -2.37. The Morgan fingerprint density at radius 1 is 1.65 bits per heavy atom. The number of nitrogens with two attached hydrogens (primary N) is 1. The first-order valence-electron chi connectivity index (χ1n) is 6.01. The molecule has 1 heterocycles. The van der Waals surface area contributed by atoms with E-state index < -0.39 is 0 Å². The van der Waals surface area contributed by atoms with Gasteiger partial charge in [0.15, 0.2) is 11.5 Å². The van der Waals surface area contributed by atoms with Gasteiger partial charge in [-0.1, -0.05) is 0 Å². The van der Waals surface area contributed by atoms with Gasteiger partial charge in [0.05, 0.1) is 13.3 Å². The van der Waals surface area contributed by atoms with Crippen LogP contribution in [0.2, 0.25) is 0 Å². The standard InChI is InChI=1S/C12H19N3O2/c1-3-15-11(10(17-2)8-14-15)9(16)7-12(13)5-4-6-12/h8H,3-7,13H2,1-2H3. The molecular weight excluding hydrogens is 218 g/mol. The summed E-state index contributed by atoms with van der Waals surface area (Å²) < 4.78 is 6.84. The highest BCUT2D eigenvalue weighted by Crippen LogP contribution is 2.34. The summed E-state index contributed by atoms with van der Waals surface area (Å²) in [6.45, 7) is 2.60. The van der Waals surface area contributed by atoms with Crippen molar-refractivity contribution in [3.63, 3.8) is 0 Å². The molecule has 0 amide bonds. The molecule has 1 aliphatic rings. The van der Waals surface area contributed by atoms with Gasteiger partial charge in [-0.25, -0.2) is 0 Å². The summed E-state index contributed by atoms with van der Waals surface area (Å²) in [6, 6.07) is 0. The van der Waals surface area contributed by atoms with E-state index in [1.165, 1.54) is 0 Å². The maximum Gasteiger partial charge on any atom is 0.186 e. The van der Waals surface area contributed by atoms with Gasteiger partial charge < -0.3 is 10.5 Å². The smallest absolute Gasteiger partial charge is 0.186 e. The number of ether oxygens (including phenoxy) is 1. The Bertz CT molecular complexity index is 400. The summed E-state index contributed by atoms with van der Waals surface area (Å²) >= 11 is 0. The Balaban J connectivity index is 2.20. The van der Waals surface area contributed by atoms with E-state index in [2.05, 4.69) is 5.10 Å². The van der Waals surface area contributed by atoms with Crippen LogP contribution in [0.5, 0.6) is 5.75 Å². The third-order valence-corrected chi connectivity index (χ3v) is 3.45. The number of ketones is 1. The number of methoxy groups -OCH3 is 1. The van der Waals surface area contributed by atoms with Gasteiger partial charge in [0, 0.05) is 18.5 Å². The fourth-order valence-electron chi connectivity index (χ4n) is 2.25. The van der Waals surface area contributed by atoms with Gasteiger partial charge in [0.25, 0.3) is 0 Å². The van der Waals surface area contributed by atoms with Crippen LogP contribution in [0.3, 0.4) is 0 Å². The molecule has 0 spiro atoms. The first-order valence-corrected chi connectivity index (χ1v) is 6.01. The summed E-state index contributed by atoms with van der Waals surface area (Å²) in [5.41, 5.74) is 6.35. The molecule has 1 aromatic heterocycles. The zero-order valence-corrected chi connectivity index (χ0v) is 10.4. The van der Waals surface area contributed by atoms with E-state index in [-0.39, 0.29) is 11.3 Å².